The SMILES string of the molecule is C1C[C@@H]2OCCN(C3CNC3)[C@@H]2C1.Cl. The van der Waals surface area contributed by atoms with Crippen LogP contribution in [0.4, 0.5) is 0 Å². The number of nitrogens with one attached hydrogen (secondary N) is 1. The lowest BCUT2D eigenvalue weighted by Crippen LogP contribution is -2.63. The van der Waals surface area contributed by atoms with Gasteiger partial charge in [0.05, 0.1) is 12.7 Å². The number of hydrogen-bond donors (Lipinski definition) is 1. The van der Waals surface area contributed by atoms with E-state index < -0.39 is 0 Å². The van der Waals surface area contributed by atoms with Crippen LogP contribution < -0.4 is 5.32 Å². The van der Waals surface area contributed by atoms with Crippen LogP contribution in [0, 0.1) is 0 Å². The van der Waals surface area contributed by atoms with Gasteiger partial charge >= 0.3 is 0 Å². The Kier molecular flexibility index (Phi) is 3.32. The molecule has 0 aromatic rings. The predicted octanol–water partition coefficient (Wildman–Crippen LogP) is 0.633. The molecule has 2 atom stereocenters. The molecule has 0 spiro atoms. The molecule has 1 saturated carbocycles. The average Bonchev–Trinajstić information content (AvgIpc) is 2.49. The number of rotatable bonds is 1. The second-order valence-electron chi connectivity index (χ2n) is 4.46. The number of halogens is 1. The first kappa shape index (κ1) is 10.7. The molecule has 3 fully saturated rings. The van der Waals surface area contributed by atoms with Crippen LogP contribution in [0.5, 0.6) is 0 Å². The van der Waals surface area contributed by atoms with Gasteiger partial charge in [0.1, 0.15) is 0 Å². The van der Waals surface area contributed by atoms with Crippen molar-refractivity contribution in [2.24, 2.45) is 0 Å². The molecule has 4 heteroatoms. The van der Waals surface area contributed by atoms with Crippen LogP contribution in [-0.4, -0.2) is 49.3 Å². The van der Waals surface area contributed by atoms with Crippen LogP contribution in [0.15, 0.2) is 0 Å². The van der Waals surface area contributed by atoms with Crippen LogP contribution in [0.2, 0.25) is 0 Å². The van der Waals surface area contributed by atoms with E-state index in [-0.39, 0.29) is 12.4 Å². The van der Waals surface area contributed by atoms with Crippen molar-refractivity contribution in [3.63, 3.8) is 0 Å². The number of morpholine rings is 1. The van der Waals surface area contributed by atoms with Crippen LogP contribution in [0.3, 0.4) is 0 Å². The van der Waals surface area contributed by atoms with Crippen molar-refractivity contribution in [3.05, 3.63) is 0 Å². The van der Waals surface area contributed by atoms with Gasteiger partial charge in [-0.25, -0.2) is 0 Å². The highest BCUT2D eigenvalue weighted by atomic mass is 35.5. The monoisotopic (exact) mass is 218 g/mol. The van der Waals surface area contributed by atoms with Gasteiger partial charge in [0, 0.05) is 31.7 Å². The summed E-state index contributed by atoms with van der Waals surface area (Å²) < 4.78 is 5.79. The van der Waals surface area contributed by atoms with Crippen LogP contribution in [0.1, 0.15) is 19.3 Å². The van der Waals surface area contributed by atoms with Crippen LogP contribution in [-0.2, 0) is 4.74 Å². The summed E-state index contributed by atoms with van der Waals surface area (Å²) in [7, 11) is 0. The maximum absolute atomic E-state index is 5.79. The van der Waals surface area contributed by atoms with E-state index in [1.807, 2.05) is 0 Å². The molecule has 1 N–H and O–H groups in total. The molecule has 82 valence electrons. The molecule has 2 aliphatic heterocycles. The molecule has 0 radical (unpaired) electrons. The first-order valence-corrected chi connectivity index (χ1v) is 5.53. The summed E-state index contributed by atoms with van der Waals surface area (Å²) in [6.45, 7) is 4.51. The zero-order chi connectivity index (χ0) is 8.67. The maximum Gasteiger partial charge on any atom is 0.0731 e. The number of nitrogens with zero attached hydrogens (tertiary/aromatic N) is 1. The quantitative estimate of drug-likeness (QED) is 0.699. The third-order valence-electron chi connectivity index (χ3n) is 3.75. The van der Waals surface area contributed by atoms with Crippen molar-refractivity contribution in [2.75, 3.05) is 26.2 Å². The number of fused-ring (bicyclic) bond motifs is 1. The van der Waals surface area contributed by atoms with Gasteiger partial charge in [0.25, 0.3) is 0 Å². The molecule has 3 nitrogen and oxygen atoms in total. The first-order chi connectivity index (χ1) is 6.45. The van der Waals surface area contributed by atoms with Crippen molar-refractivity contribution in [1.29, 1.82) is 0 Å². The molecule has 0 amide bonds. The Balaban J connectivity index is 0.000000750. The lowest BCUT2D eigenvalue weighted by atomic mass is 10.0. The van der Waals surface area contributed by atoms with E-state index in [1.165, 1.54) is 32.4 Å². The topological polar surface area (TPSA) is 24.5 Å². The zero-order valence-electron chi connectivity index (χ0n) is 8.45. The zero-order valence-corrected chi connectivity index (χ0v) is 9.26. The lowest BCUT2D eigenvalue weighted by molar-refractivity contribution is -0.0787. The molecule has 2 saturated heterocycles. The Hall–Kier alpha value is 0.170. The molecule has 3 rings (SSSR count). The Morgan fingerprint density at radius 2 is 2.07 bits per heavy atom. The normalized spacial score (nSPS) is 38.6. The van der Waals surface area contributed by atoms with E-state index in [4.69, 9.17) is 4.74 Å². The fourth-order valence-corrected chi connectivity index (χ4v) is 2.92. The van der Waals surface area contributed by atoms with E-state index in [1.54, 1.807) is 0 Å². The average molecular weight is 219 g/mol. The lowest BCUT2D eigenvalue weighted by Gasteiger charge is -2.46. The molecular weight excluding hydrogens is 200 g/mol. The number of ether oxygens (including phenoxy) is 1. The second kappa shape index (κ2) is 4.35. The van der Waals surface area contributed by atoms with Crippen molar-refractivity contribution in [2.45, 2.75) is 37.5 Å². The van der Waals surface area contributed by atoms with E-state index in [2.05, 4.69) is 10.2 Å². The van der Waals surface area contributed by atoms with Crippen molar-refractivity contribution in [1.82, 2.24) is 10.2 Å². The number of hydrogen-bond acceptors (Lipinski definition) is 3. The van der Waals surface area contributed by atoms with Gasteiger partial charge in [-0.05, 0) is 19.3 Å². The van der Waals surface area contributed by atoms with Crippen LogP contribution >= 0.6 is 12.4 Å². The summed E-state index contributed by atoms with van der Waals surface area (Å²) in [5, 5.41) is 3.36. The Morgan fingerprint density at radius 3 is 2.79 bits per heavy atom. The minimum atomic E-state index is 0. The third-order valence-corrected chi connectivity index (χ3v) is 3.75. The molecule has 0 unspecified atom stereocenters. The van der Waals surface area contributed by atoms with Gasteiger partial charge in [0.2, 0.25) is 0 Å². The second-order valence-corrected chi connectivity index (χ2v) is 4.46. The van der Waals surface area contributed by atoms with Gasteiger partial charge in [0.15, 0.2) is 0 Å². The summed E-state index contributed by atoms with van der Waals surface area (Å²) >= 11 is 0. The van der Waals surface area contributed by atoms with Gasteiger partial charge in [-0.3, -0.25) is 4.90 Å². The van der Waals surface area contributed by atoms with Gasteiger partial charge in [-0.2, -0.15) is 0 Å². The van der Waals surface area contributed by atoms with E-state index >= 15 is 0 Å². The Morgan fingerprint density at radius 1 is 1.21 bits per heavy atom. The van der Waals surface area contributed by atoms with Gasteiger partial charge < -0.3 is 10.1 Å². The summed E-state index contributed by atoms with van der Waals surface area (Å²) in [5.74, 6) is 0. The first-order valence-electron chi connectivity index (χ1n) is 5.53. The van der Waals surface area contributed by atoms with E-state index in [9.17, 15) is 0 Å². The third kappa shape index (κ3) is 1.67. The fourth-order valence-electron chi connectivity index (χ4n) is 2.92. The summed E-state index contributed by atoms with van der Waals surface area (Å²) in [4.78, 5) is 2.69. The standard InChI is InChI=1S/C10H18N2O.ClH/c1-2-9-10(3-1)13-5-4-12(9)8-6-11-7-8;/h8-11H,1-7H2;1H/t9-,10+;/m1./s1. The summed E-state index contributed by atoms with van der Waals surface area (Å²) in [6.07, 6.45) is 4.59. The van der Waals surface area contributed by atoms with Crippen LogP contribution in [0.25, 0.3) is 0 Å². The van der Waals surface area contributed by atoms with E-state index in [0.29, 0.717) is 6.10 Å². The highest BCUT2D eigenvalue weighted by Crippen LogP contribution is 2.31. The van der Waals surface area contributed by atoms with Crippen molar-refractivity contribution < 1.29 is 4.74 Å². The highest BCUT2D eigenvalue weighted by Gasteiger charge is 2.40. The fraction of sp³-hybridized carbons (Fsp3) is 1.00. The summed E-state index contributed by atoms with van der Waals surface area (Å²) in [5.41, 5.74) is 0. The van der Waals surface area contributed by atoms with Gasteiger partial charge in [-0.1, -0.05) is 0 Å². The highest BCUT2D eigenvalue weighted by molar-refractivity contribution is 5.85. The maximum atomic E-state index is 5.79. The molecule has 2 heterocycles. The Labute approximate surface area is 91.6 Å². The van der Waals surface area contributed by atoms with Crippen molar-refractivity contribution in [3.8, 4) is 0 Å². The molecule has 3 aliphatic rings. The molecule has 1 aliphatic carbocycles. The predicted molar refractivity (Wildman–Crippen MR) is 58.0 cm³/mol. The minimum Gasteiger partial charge on any atom is -0.375 e. The smallest absolute Gasteiger partial charge is 0.0731 e. The largest absolute Gasteiger partial charge is 0.375 e. The summed E-state index contributed by atoms with van der Waals surface area (Å²) in [6, 6.07) is 1.57. The molecule has 0 bridgehead atoms. The molecular formula is C10H19ClN2O. The molecule has 0 aromatic heterocycles. The molecule has 14 heavy (non-hydrogen) atoms. The van der Waals surface area contributed by atoms with E-state index in [0.717, 1.165) is 25.2 Å². The van der Waals surface area contributed by atoms with Gasteiger partial charge in [-0.15, -0.1) is 12.4 Å². The minimum absolute atomic E-state index is 0. The Bertz CT molecular complexity index is 199. The molecule has 0 aromatic carbocycles. The van der Waals surface area contributed by atoms with Crippen molar-refractivity contribution >= 4 is 12.4 Å².